The SMILES string of the molecule is COC(=O)N[C@H]1CCCCOCc2[nH]c(nc2-c2ccc(C34CCC(c5cnc([C@@H]6CCCN6C(=O)[C@@H](NC(=O)OC)C(C)C)[nH]5)(CC3)CC4)cc2)[C@@H]2CCCN2C1=O. The van der Waals surface area contributed by atoms with Crippen LogP contribution in [0.5, 0.6) is 0 Å². The smallest absolute Gasteiger partial charge is 0.407 e. The summed E-state index contributed by atoms with van der Waals surface area (Å²) in [5.41, 5.74) is 5.49. The van der Waals surface area contributed by atoms with Gasteiger partial charge in [0.25, 0.3) is 0 Å². The number of H-pyrrole nitrogens is 2. The van der Waals surface area contributed by atoms with E-state index in [1.54, 1.807) is 0 Å². The average Bonchev–Trinajstić information content (AvgIpc) is 4.10. The molecule has 318 valence electrons. The number of likely N-dealkylation sites (tertiary alicyclic amines) is 1. The standard InChI is InChI=1S/C44H60N8O7/c1-27(2)35(50-42(56)58-4)40(54)52-23-7-10-32(52)37-45-25-34(48-37)44-19-16-43(17-20-44,18-21-44)29-14-12-28(13-15-29)36-31-26-59-24-6-5-9-30(47-41(55)57-3)39(53)51-22-8-11-33(51)38(46-31)49-36/h12-15,25,27,30,32-33,35H,5-11,16-24,26H2,1-4H3,(H,45,48)(H,46,49)(H,47,55)(H,50,56)/t30-,32-,33-,35-,43?,44?/m0/s1. The van der Waals surface area contributed by atoms with Crippen molar-refractivity contribution in [1.82, 2.24) is 40.4 Å². The lowest BCUT2D eigenvalue weighted by Gasteiger charge is -2.53. The maximum absolute atomic E-state index is 13.8. The molecule has 6 aliphatic rings. The molecule has 3 aromatic rings. The first-order valence-electron chi connectivity index (χ1n) is 21.7. The number of nitrogens with one attached hydrogen (secondary N) is 4. The Labute approximate surface area is 346 Å². The molecule has 15 heteroatoms. The first-order valence-corrected chi connectivity index (χ1v) is 21.7. The lowest BCUT2D eigenvalue weighted by molar-refractivity contribution is -0.135. The number of hydrogen-bond donors (Lipinski definition) is 4. The van der Waals surface area contributed by atoms with Crippen LogP contribution in [-0.4, -0.2) is 99.7 Å². The summed E-state index contributed by atoms with van der Waals surface area (Å²) < 4.78 is 15.8. The Hall–Kier alpha value is -4.92. The Kier molecular flexibility index (Phi) is 11.8. The van der Waals surface area contributed by atoms with Gasteiger partial charge in [-0.2, -0.15) is 0 Å². The molecule has 9 rings (SSSR count). The first-order chi connectivity index (χ1) is 28.5. The zero-order chi connectivity index (χ0) is 41.3. The number of nitrogens with zero attached hydrogens (tertiary/aromatic N) is 4. The zero-order valence-electron chi connectivity index (χ0n) is 34.9. The van der Waals surface area contributed by atoms with Gasteiger partial charge in [-0.25, -0.2) is 19.6 Å². The lowest BCUT2D eigenvalue weighted by atomic mass is 9.51. The Balaban J connectivity index is 0.958. The number of aromatic nitrogens is 4. The molecule has 2 aromatic heterocycles. The van der Waals surface area contributed by atoms with Crippen LogP contribution in [0.3, 0.4) is 0 Å². The summed E-state index contributed by atoms with van der Waals surface area (Å²) in [5.74, 6) is 1.30. The fourth-order valence-corrected chi connectivity index (χ4v) is 10.6. The largest absolute Gasteiger partial charge is 0.453 e. The van der Waals surface area contributed by atoms with Gasteiger partial charge in [-0.15, -0.1) is 0 Å². The number of aromatic amines is 2. The van der Waals surface area contributed by atoms with Crippen molar-refractivity contribution >= 4 is 24.0 Å². The van der Waals surface area contributed by atoms with E-state index in [-0.39, 0.29) is 40.6 Å². The van der Waals surface area contributed by atoms with Crippen LogP contribution in [0.1, 0.15) is 138 Å². The molecule has 3 aliphatic carbocycles. The average molecular weight is 813 g/mol. The van der Waals surface area contributed by atoms with Crippen molar-refractivity contribution in [1.29, 1.82) is 0 Å². The third-order valence-corrected chi connectivity index (χ3v) is 14.1. The molecule has 5 heterocycles. The number of fused-ring (bicyclic) bond motifs is 7. The van der Waals surface area contributed by atoms with Gasteiger partial charge < -0.3 is 44.6 Å². The first kappa shape index (κ1) is 40.8. The minimum atomic E-state index is -0.663. The van der Waals surface area contributed by atoms with Crippen molar-refractivity contribution in [2.24, 2.45) is 5.92 Å². The molecule has 3 aliphatic heterocycles. The van der Waals surface area contributed by atoms with Crippen LogP contribution in [-0.2, 0) is 41.2 Å². The molecule has 15 nitrogen and oxygen atoms in total. The van der Waals surface area contributed by atoms with Crippen LogP contribution in [0, 0.1) is 5.92 Å². The number of benzene rings is 1. The number of imidazole rings is 2. The van der Waals surface area contributed by atoms with Gasteiger partial charge in [0.2, 0.25) is 11.8 Å². The maximum atomic E-state index is 13.8. The van der Waals surface area contributed by atoms with E-state index >= 15 is 0 Å². The molecule has 4 atom stereocenters. The van der Waals surface area contributed by atoms with Crippen molar-refractivity contribution in [3.8, 4) is 11.3 Å². The summed E-state index contributed by atoms with van der Waals surface area (Å²) >= 11 is 0. The van der Waals surface area contributed by atoms with Crippen molar-refractivity contribution in [3.63, 3.8) is 0 Å². The van der Waals surface area contributed by atoms with Crippen LogP contribution < -0.4 is 10.6 Å². The van der Waals surface area contributed by atoms with Crippen molar-refractivity contribution in [3.05, 3.63) is 59.1 Å². The molecule has 0 unspecified atom stereocenters. The molecule has 4 amide bonds. The van der Waals surface area contributed by atoms with E-state index in [1.165, 1.54) is 25.5 Å². The number of rotatable bonds is 8. The molecule has 4 N–H and O–H groups in total. The number of hydrogen-bond acceptors (Lipinski definition) is 9. The predicted molar refractivity (Wildman–Crippen MR) is 218 cm³/mol. The number of amides is 4. The minimum Gasteiger partial charge on any atom is -0.453 e. The van der Waals surface area contributed by atoms with Gasteiger partial charge in [-0.3, -0.25) is 9.59 Å². The van der Waals surface area contributed by atoms with Crippen LogP contribution in [0.25, 0.3) is 11.3 Å². The minimum absolute atomic E-state index is 0.0407. The second-order valence-corrected chi connectivity index (χ2v) is 17.7. The molecular formula is C44H60N8O7. The van der Waals surface area contributed by atoms with Crippen molar-refractivity contribution in [2.45, 2.75) is 139 Å². The summed E-state index contributed by atoms with van der Waals surface area (Å²) in [6.07, 6.45) is 12.7. The van der Waals surface area contributed by atoms with Crippen LogP contribution >= 0.6 is 0 Å². The summed E-state index contributed by atoms with van der Waals surface area (Å²) in [5, 5.41) is 5.51. The third-order valence-electron chi connectivity index (χ3n) is 14.1. The highest BCUT2D eigenvalue weighted by Crippen LogP contribution is 2.58. The second kappa shape index (κ2) is 17.0. The third kappa shape index (κ3) is 7.94. The van der Waals surface area contributed by atoms with E-state index in [0.717, 1.165) is 106 Å². The highest BCUT2D eigenvalue weighted by atomic mass is 16.5. The number of carbonyl (C=O) groups is 4. The fourth-order valence-electron chi connectivity index (χ4n) is 10.6. The van der Waals surface area contributed by atoms with Gasteiger partial charge in [0.1, 0.15) is 23.7 Å². The maximum Gasteiger partial charge on any atom is 0.407 e. The van der Waals surface area contributed by atoms with Gasteiger partial charge in [0.05, 0.1) is 44.3 Å². The molecule has 3 saturated carbocycles. The van der Waals surface area contributed by atoms with E-state index < -0.39 is 24.3 Å². The lowest BCUT2D eigenvalue weighted by Crippen LogP contribution is -2.51. The Bertz CT molecular complexity index is 1980. The normalized spacial score (nSPS) is 27.7. The van der Waals surface area contributed by atoms with Gasteiger partial charge in [-0.05, 0) is 100 Å². The summed E-state index contributed by atoms with van der Waals surface area (Å²) in [4.78, 5) is 72.8. The topological polar surface area (TPSA) is 184 Å². The van der Waals surface area contributed by atoms with E-state index in [4.69, 9.17) is 24.2 Å². The Morgan fingerprint density at radius 3 is 2.25 bits per heavy atom. The monoisotopic (exact) mass is 812 g/mol. The van der Waals surface area contributed by atoms with E-state index in [1.807, 2.05) is 29.8 Å². The van der Waals surface area contributed by atoms with Gasteiger partial charge in [-0.1, -0.05) is 38.1 Å². The molecule has 4 bridgehead atoms. The van der Waals surface area contributed by atoms with Crippen molar-refractivity contribution < 1.29 is 33.4 Å². The van der Waals surface area contributed by atoms with E-state index in [9.17, 15) is 19.2 Å². The van der Waals surface area contributed by atoms with Gasteiger partial charge in [0, 0.05) is 42.6 Å². The summed E-state index contributed by atoms with van der Waals surface area (Å²) in [7, 11) is 2.62. The zero-order valence-corrected chi connectivity index (χ0v) is 34.9. The van der Waals surface area contributed by atoms with E-state index in [2.05, 4.69) is 44.9 Å². The summed E-state index contributed by atoms with van der Waals surface area (Å²) in [6, 6.07) is 7.29. The molecule has 5 fully saturated rings. The van der Waals surface area contributed by atoms with Gasteiger partial charge >= 0.3 is 12.2 Å². The number of alkyl carbamates (subject to hydrolysis) is 2. The highest BCUT2D eigenvalue weighted by molar-refractivity contribution is 5.87. The van der Waals surface area contributed by atoms with Crippen LogP contribution in [0.2, 0.25) is 0 Å². The predicted octanol–water partition coefficient (Wildman–Crippen LogP) is 6.48. The molecule has 0 radical (unpaired) electrons. The summed E-state index contributed by atoms with van der Waals surface area (Å²) in [6.45, 7) is 6.04. The number of ether oxygens (including phenoxy) is 3. The second-order valence-electron chi connectivity index (χ2n) is 17.7. The van der Waals surface area contributed by atoms with E-state index in [0.29, 0.717) is 32.7 Å². The molecule has 2 saturated heterocycles. The fraction of sp³-hybridized carbons (Fsp3) is 0.636. The quantitative estimate of drug-likeness (QED) is 0.198. The van der Waals surface area contributed by atoms with Crippen molar-refractivity contribution in [2.75, 3.05) is 33.9 Å². The Morgan fingerprint density at radius 1 is 0.847 bits per heavy atom. The molecule has 1 aromatic carbocycles. The van der Waals surface area contributed by atoms with Gasteiger partial charge in [0.15, 0.2) is 0 Å². The van der Waals surface area contributed by atoms with Crippen LogP contribution in [0.4, 0.5) is 9.59 Å². The number of carbonyl (C=O) groups excluding carboxylic acids is 4. The highest BCUT2D eigenvalue weighted by Gasteiger charge is 2.51. The Morgan fingerprint density at radius 2 is 1.54 bits per heavy atom. The molecular weight excluding hydrogens is 753 g/mol. The molecule has 0 spiro atoms. The van der Waals surface area contributed by atoms with Crippen LogP contribution in [0.15, 0.2) is 30.5 Å². The molecule has 59 heavy (non-hydrogen) atoms. The number of methoxy groups -OCH3 is 2.